The molecule has 2 atom stereocenters. The Hall–Kier alpha value is -0.860. The highest BCUT2D eigenvalue weighted by Gasteiger charge is 2.26. The summed E-state index contributed by atoms with van der Waals surface area (Å²) < 4.78 is 0. The first kappa shape index (κ1) is 13.1. The molecule has 1 aromatic rings. The first-order valence-corrected chi connectivity index (χ1v) is 7.90. The molecule has 2 nitrogen and oxygen atoms in total. The Morgan fingerprint density at radius 3 is 2.79 bits per heavy atom. The van der Waals surface area contributed by atoms with Gasteiger partial charge in [0.2, 0.25) is 0 Å². The molecule has 2 unspecified atom stereocenters. The van der Waals surface area contributed by atoms with E-state index in [2.05, 4.69) is 40.5 Å². The summed E-state index contributed by atoms with van der Waals surface area (Å²) in [5, 5.41) is 3.51. The van der Waals surface area contributed by atoms with E-state index in [1.54, 1.807) is 0 Å². The van der Waals surface area contributed by atoms with E-state index in [0.717, 1.165) is 18.5 Å². The Bertz CT molecular complexity index is 370. The van der Waals surface area contributed by atoms with E-state index < -0.39 is 0 Å². The smallest absolute Gasteiger partial charge is 0.0236 e. The van der Waals surface area contributed by atoms with Crippen LogP contribution in [-0.2, 0) is 6.54 Å². The summed E-state index contributed by atoms with van der Waals surface area (Å²) in [6.07, 6.45) is 7.00. The number of piperidine rings is 1. The maximum Gasteiger partial charge on any atom is 0.0236 e. The summed E-state index contributed by atoms with van der Waals surface area (Å²) >= 11 is 0. The number of nitrogens with one attached hydrogen (secondary N) is 1. The van der Waals surface area contributed by atoms with Gasteiger partial charge in [0.05, 0.1) is 0 Å². The van der Waals surface area contributed by atoms with Gasteiger partial charge < -0.3 is 5.32 Å². The lowest BCUT2D eigenvalue weighted by molar-refractivity contribution is 0.119. The highest BCUT2D eigenvalue weighted by atomic mass is 15.2. The number of hydrogen-bond acceptors (Lipinski definition) is 2. The minimum Gasteiger partial charge on any atom is -0.316 e. The highest BCUT2D eigenvalue weighted by molar-refractivity contribution is 5.14. The fourth-order valence-corrected chi connectivity index (χ4v) is 3.65. The summed E-state index contributed by atoms with van der Waals surface area (Å²) in [5.41, 5.74) is 1.47. The fraction of sp³-hybridized carbons (Fsp3) is 0.647. The molecule has 104 valence electrons. The lowest BCUT2D eigenvalue weighted by atomic mass is 9.91. The van der Waals surface area contributed by atoms with Crippen LogP contribution in [0.3, 0.4) is 0 Å². The number of likely N-dealkylation sites (tertiary alicyclic amines) is 1. The van der Waals surface area contributed by atoms with Gasteiger partial charge >= 0.3 is 0 Å². The monoisotopic (exact) mass is 258 g/mol. The molecule has 19 heavy (non-hydrogen) atoms. The lowest BCUT2D eigenvalue weighted by Crippen LogP contribution is -2.40. The highest BCUT2D eigenvalue weighted by Crippen LogP contribution is 2.26. The van der Waals surface area contributed by atoms with Crippen LogP contribution in [0, 0.1) is 5.92 Å². The maximum absolute atomic E-state index is 3.51. The molecule has 3 rings (SSSR count). The molecule has 0 radical (unpaired) electrons. The van der Waals surface area contributed by atoms with Crippen molar-refractivity contribution in [3.8, 4) is 0 Å². The van der Waals surface area contributed by atoms with Crippen molar-refractivity contribution in [2.75, 3.05) is 19.6 Å². The molecule has 0 saturated carbocycles. The molecule has 2 aliphatic rings. The molecule has 1 N–H and O–H groups in total. The maximum atomic E-state index is 3.51. The predicted octanol–water partition coefficient (Wildman–Crippen LogP) is 3.04. The average Bonchev–Trinajstić information content (AvgIpc) is 2.95. The number of nitrogens with zero attached hydrogens (tertiary/aromatic N) is 1. The number of benzene rings is 1. The summed E-state index contributed by atoms with van der Waals surface area (Å²) in [7, 11) is 0. The van der Waals surface area contributed by atoms with Crippen molar-refractivity contribution in [3.63, 3.8) is 0 Å². The minimum atomic E-state index is 0.818. The van der Waals surface area contributed by atoms with Crippen molar-refractivity contribution in [2.24, 2.45) is 5.92 Å². The van der Waals surface area contributed by atoms with Crippen LogP contribution in [0.4, 0.5) is 0 Å². The number of hydrogen-bond donors (Lipinski definition) is 1. The second-order valence-electron chi connectivity index (χ2n) is 6.20. The molecule has 2 aliphatic heterocycles. The van der Waals surface area contributed by atoms with Crippen LogP contribution >= 0.6 is 0 Å². The molecular formula is C17H26N2. The van der Waals surface area contributed by atoms with E-state index in [9.17, 15) is 0 Å². The van der Waals surface area contributed by atoms with Crippen LogP contribution in [0.25, 0.3) is 0 Å². The van der Waals surface area contributed by atoms with Gasteiger partial charge in [-0.25, -0.2) is 0 Å². The van der Waals surface area contributed by atoms with Crippen molar-refractivity contribution < 1.29 is 0 Å². The molecule has 2 fully saturated rings. The fourth-order valence-electron chi connectivity index (χ4n) is 3.65. The zero-order chi connectivity index (χ0) is 12.9. The van der Waals surface area contributed by atoms with Gasteiger partial charge in [-0.05, 0) is 56.8 Å². The first-order chi connectivity index (χ1) is 9.42. The van der Waals surface area contributed by atoms with Gasteiger partial charge in [-0.3, -0.25) is 4.90 Å². The van der Waals surface area contributed by atoms with Crippen LogP contribution in [0.5, 0.6) is 0 Å². The molecule has 2 heteroatoms. The Balaban J connectivity index is 1.60. The van der Waals surface area contributed by atoms with E-state index in [-0.39, 0.29) is 0 Å². The van der Waals surface area contributed by atoms with Gasteiger partial charge in [-0.1, -0.05) is 36.8 Å². The van der Waals surface area contributed by atoms with Crippen molar-refractivity contribution >= 4 is 0 Å². The van der Waals surface area contributed by atoms with Crippen LogP contribution in [0.1, 0.15) is 37.7 Å². The second kappa shape index (κ2) is 6.53. The molecule has 2 heterocycles. The van der Waals surface area contributed by atoms with Gasteiger partial charge in [0.15, 0.2) is 0 Å². The summed E-state index contributed by atoms with van der Waals surface area (Å²) in [6, 6.07) is 11.8. The zero-order valence-corrected chi connectivity index (χ0v) is 11.9. The standard InChI is InChI=1S/C17H26N2/c1-2-6-15(7-3-1)14-19-11-5-4-8-17(19)12-16-9-10-18-13-16/h1-3,6-7,16-18H,4-5,8-14H2. The SMILES string of the molecule is c1ccc(CN2CCCCC2CC2CCNC2)cc1. The molecule has 1 aromatic carbocycles. The molecule has 0 amide bonds. The van der Waals surface area contributed by atoms with E-state index in [0.29, 0.717) is 0 Å². The molecule has 0 aliphatic carbocycles. The van der Waals surface area contributed by atoms with Crippen LogP contribution in [0.15, 0.2) is 30.3 Å². The third kappa shape index (κ3) is 3.58. The first-order valence-electron chi connectivity index (χ1n) is 7.90. The topological polar surface area (TPSA) is 15.3 Å². The lowest BCUT2D eigenvalue weighted by Gasteiger charge is -2.37. The van der Waals surface area contributed by atoms with Crippen molar-refractivity contribution in [1.82, 2.24) is 10.2 Å². The van der Waals surface area contributed by atoms with Gasteiger partial charge in [0, 0.05) is 12.6 Å². The van der Waals surface area contributed by atoms with E-state index in [4.69, 9.17) is 0 Å². The van der Waals surface area contributed by atoms with Crippen molar-refractivity contribution in [2.45, 2.75) is 44.7 Å². The third-order valence-electron chi connectivity index (χ3n) is 4.75. The van der Waals surface area contributed by atoms with Crippen molar-refractivity contribution in [3.05, 3.63) is 35.9 Å². The van der Waals surface area contributed by atoms with E-state index >= 15 is 0 Å². The normalized spacial score (nSPS) is 28.6. The second-order valence-corrected chi connectivity index (χ2v) is 6.20. The average molecular weight is 258 g/mol. The largest absolute Gasteiger partial charge is 0.316 e. The Morgan fingerprint density at radius 1 is 1.11 bits per heavy atom. The van der Waals surface area contributed by atoms with Gasteiger partial charge in [-0.2, -0.15) is 0 Å². The molecule has 0 spiro atoms. The molecule has 0 aromatic heterocycles. The Kier molecular flexibility index (Phi) is 4.52. The minimum absolute atomic E-state index is 0.818. The predicted molar refractivity (Wildman–Crippen MR) is 80.1 cm³/mol. The molecular weight excluding hydrogens is 232 g/mol. The summed E-state index contributed by atoms with van der Waals surface area (Å²) in [5.74, 6) is 0.918. The third-order valence-corrected chi connectivity index (χ3v) is 4.75. The van der Waals surface area contributed by atoms with Gasteiger partial charge in [-0.15, -0.1) is 0 Å². The molecule has 2 saturated heterocycles. The van der Waals surface area contributed by atoms with Gasteiger partial charge in [0.1, 0.15) is 0 Å². The van der Waals surface area contributed by atoms with Crippen LogP contribution in [-0.4, -0.2) is 30.6 Å². The van der Waals surface area contributed by atoms with E-state index in [1.165, 1.54) is 57.3 Å². The summed E-state index contributed by atoms with van der Waals surface area (Å²) in [4.78, 5) is 2.73. The van der Waals surface area contributed by atoms with Crippen molar-refractivity contribution in [1.29, 1.82) is 0 Å². The Labute approximate surface area is 117 Å². The van der Waals surface area contributed by atoms with Crippen LogP contribution in [0.2, 0.25) is 0 Å². The molecule has 0 bridgehead atoms. The van der Waals surface area contributed by atoms with Crippen LogP contribution < -0.4 is 5.32 Å². The number of rotatable bonds is 4. The quantitative estimate of drug-likeness (QED) is 0.893. The summed E-state index contributed by atoms with van der Waals surface area (Å²) in [6.45, 7) is 4.91. The van der Waals surface area contributed by atoms with Gasteiger partial charge in [0.25, 0.3) is 0 Å². The zero-order valence-electron chi connectivity index (χ0n) is 11.9. The Morgan fingerprint density at radius 2 is 2.00 bits per heavy atom. The van der Waals surface area contributed by atoms with E-state index in [1.807, 2.05) is 0 Å².